The largest absolute Gasteiger partial charge is 0.370 e. The van der Waals surface area contributed by atoms with Gasteiger partial charge in [-0.05, 0) is 28.1 Å². The minimum Gasteiger partial charge on any atom is -0.370 e. The molecule has 0 saturated carbocycles. The number of nitrogens with zero attached hydrogens (tertiary/aromatic N) is 4. The minimum absolute atomic E-state index is 0.00778. The van der Waals surface area contributed by atoms with Gasteiger partial charge in [-0.1, -0.05) is 0 Å². The summed E-state index contributed by atoms with van der Waals surface area (Å²) in [5.41, 5.74) is 0. The van der Waals surface area contributed by atoms with E-state index in [1.165, 1.54) is 0 Å². The number of morpholine rings is 1. The number of ether oxygens (including phenoxy) is 1. The maximum atomic E-state index is 13.0. The number of likely N-dealkylation sites (N-methyl/N-ethyl adjacent to an activating group) is 2. The van der Waals surface area contributed by atoms with E-state index in [0.29, 0.717) is 6.61 Å². The maximum Gasteiger partial charge on any atom is 0.269 e. The number of hydrogen-bond donors (Lipinski definition) is 0. The van der Waals surface area contributed by atoms with Crippen LogP contribution in [0.5, 0.6) is 0 Å². The zero-order valence-electron chi connectivity index (χ0n) is 16.0. The average molecular weight is 362 g/mol. The quantitative estimate of drug-likeness (QED) is 0.619. The highest BCUT2D eigenvalue weighted by Gasteiger charge is 2.32. The highest BCUT2D eigenvalue weighted by atomic mass is 31.2. The highest BCUT2D eigenvalue weighted by Crippen LogP contribution is 2.47. The molecule has 24 heavy (non-hydrogen) atoms. The first-order valence-electron chi connectivity index (χ1n) is 8.95. The molecule has 0 aromatic heterocycles. The standard InChI is InChI=1S/C16H35N4O3P/c1-15-12-18(4)13-16(23-15)14-22-24(5,21)20-10-8-19(9-11-20)7-6-17(2)3/h15-16H,6-14H2,1-5H3. The minimum atomic E-state index is -2.74. The van der Waals surface area contributed by atoms with Crippen LogP contribution in [0.4, 0.5) is 0 Å². The first kappa shape index (κ1) is 20.3. The van der Waals surface area contributed by atoms with Crippen molar-refractivity contribution >= 4 is 7.52 Å². The van der Waals surface area contributed by atoms with Gasteiger partial charge in [0.15, 0.2) is 0 Å². The Morgan fingerprint density at radius 1 is 1.21 bits per heavy atom. The molecule has 0 bridgehead atoms. The van der Waals surface area contributed by atoms with Gasteiger partial charge in [-0.2, -0.15) is 0 Å². The second-order valence-corrected chi connectivity index (χ2v) is 9.92. The molecule has 0 aromatic carbocycles. The molecule has 0 aliphatic carbocycles. The van der Waals surface area contributed by atoms with Gasteiger partial charge in [0.25, 0.3) is 7.52 Å². The van der Waals surface area contributed by atoms with E-state index in [1.54, 1.807) is 6.66 Å². The summed E-state index contributed by atoms with van der Waals surface area (Å²) >= 11 is 0. The van der Waals surface area contributed by atoms with E-state index in [4.69, 9.17) is 9.26 Å². The molecule has 0 amide bonds. The van der Waals surface area contributed by atoms with Crippen molar-refractivity contribution in [1.29, 1.82) is 0 Å². The predicted molar refractivity (Wildman–Crippen MR) is 97.9 cm³/mol. The lowest BCUT2D eigenvalue weighted by atomic mass is 10.2. The maximum absolute atomic E-state index is 13.0. The summed E-state index contributed by atoms with van der Waals surface area (Å²) in [4.78, 5) is 6.87. The van der Waals surface area contributed by atoms with E-state index in [1.807, 2.05) is 4.67 Å². The third-order valence-electron chi connectivity index (χ3n) is 4.73. The van der Waals surface area contributed by atoms with Gasteiger partial charge in [0.1, 0.15) is 0 Å². The van der Waals surface area contributed by atoms with Gasteiger partial charge >= 0.3 is 0 Å². The zero-order valence-corrected chi connectivity index (χ0v) is 16.9. The van der Waals surface area contributed by atoms with Crippen LogP contribution >= 0.6 is 7.52 Å². The first-order chi connectivity index (χ1) is 11.3. The van der Waals surface area contributed by atoms with Crippen LogP contribution in [0.15, 0.2) is 0 Å². The average Bonchev–Trinajstić information content (AvgIpc) is 2.50. The molecule has 2 fully saturated rings. The second kappa shape index (κ2) is 9.08. The van der Waals surface area contributed by atoms with Crippen molar-refractivity contribution in [3.63, 3.8) is 0 Å². The Morgan fingerprint density at radius 3 is 2.46 bits per heavy atom. The van der Waals surface area contributed by atoms with Crippen LogP contribution in [0.25, 0.3) is 0 Å². The molecular weight excluding hydrogens is 327 g/mol. The number of hydrogen-bond acceptors (Lipinski definition) is 6. The summed E-state index contributed by atoms with van der Waals surface area (Å²) < 4.78 is 26.7. The Balaban J connectivity index is 1.74. The van der Waals surface area contributed by atoms with Crippen LogP contribution in [0.3, 0.4) is 0 Å². The van der Waals surface area contributed by atoms with Crippen LogP contribution in [-0.2, 0) is 13.8 Å². The summed E-state index contributed by atoms with van der Waals surface area (Å²) in [7, 11) is 3.53. The van der Waals surface area contributed by atoms with Crippen molar-refractivity contribution < 1.29 is 13.8 Å². The van der Waals surface area contributed by atoms with Gasteiger partial charge in [-0.25, -0.2) is 4.67 Å². The lowest BCUT2D eigenvalue weighted by Crippen LogP contribution is -2.48. The smallest absolute Gasteiger partial charge is 0.269 e. The molecule has 2 saturated heterocycles. The van der Waals surface area contributed by atoms with Crippen LogP contribution < -0.4 is 0 Å². The summed E-state index contributed by atoms with van der Waals surface area (Å²) in [6.07, 6.45) is 0.210. The van der Waals surface area contributed by atoms with Crippen LogP contribution in [0.1, 0.15) is 6.92 Å². The first-order valence-corrected chi connectivity index (χ1v) is 11.0. The molecular formula is C16H35N4O3P. The van der Waals surface area contributed by atoms with Gasteiger partial charge in [-0.15, -0.1) is 0 Å². The van der Waals surface area contributed by atoms with E-state index < -0.39 is 7.52 Å². The Labute approximate surface area is 147 Å². The van der Waals surface area contributed by atoms with E-state index >= 15 is 0 Å². The molecule has 7 nitrogen and oxygen atoms in total. The normalized spacial score (nSPS) is 30.6. The van der Waals surface area contributed by atoms with Crippen molar-refractivity contribution in [1.82, 2.24) is 19.4 Å². The van der Waals surface area contributed by atoms with Crippen LogP contribution in [-0.4, -0.2) is 118 Å². The fourth-order valence-corrected chi connectivity index (χ4v) is 4.85. The van der Waals surface area contributed by atoms with Crippen molar-refractivity contribution in [3.8, 4) is 0 Å². The van der Waals surface area contributed by atoms with Gasteiger partial charge in [0, 0.05) is 59.0 Å². The van der Waals surface area contributed by atoms with Gasteiger partial charge < -0.3 is 19.1 Å². The van der Waals surface area contributed by atoms with Crippen LogP contribution in [0.2, 0.25) is 0 Å². The lowest BCUT2D eigenvalue weighted by molar-refractivity contribution is -0.0854. The lowest BCUT2D eigenvalue weighted by Gasteiger charge is -2.39. The third kappa shape index (κ3) is 6.37. The molecule has 2 aliphatic heterocycles. The predicted octanol–water partition coefficient (Wildman–Crippen LogP) is 0.724. The van der Waals surface area contributed by atoms with E-state index in [9.17, 15) is 4.57 Å². The summed E-state index contributed by atoms with van der Waals surface area (Å²) in [6.45, 7) is 11.6. The molecule has 0 radical (unpaired) electrons. The fraction of sp³-hybridized carbons (Fsp3) is 1.00. The molecule has 3 atom stereocenters. The topological polar surface area (TPSA) is 48.5 Å². The van der Waals surface area contributed by atoms with Crippen molar-refractivity contribution in [2.45, 2.75) is 19.1 Å². The van der Waals surface area contributed by atoms with Crippen molar-refractivity contribution in [2.24, 2.45) is 0 Å². The fourth-order valence-electron chi connectivity index (χ4n) is 3.34. The highest BCUT2D eigenvalue weighted by molar-refractivity contribution is 7.55. The number of rotatable bonds is 7. The van der Waals surface area contributed by atoms with Gasteiger partial charge in [0.05, 0.1) is 18.8 Å². The van der Waals surface area contributed by atoms with E-state index in [0.717, 1.165) is 52.4 Å². The molecule has 8 heteroatoms. The Kier molecular flexibility index (Phi) is 7.68. The molecule has 2 heterocycles. The SMILES string of the molecule is CC1CN(C)CC(COP(C)(=O)N2CCN(CCN(C)C)CC2)O1. The summed E-state index contributed by atoms with van der Waals surface area (Å²) in [6, 6.07) is 0. The Bertz CT molecular complexity index is 420. The van der Waals surface area contributed by atoms with Gasteiger partial charge in [0.2, 0.25) is 0 Å². The monoisotopic (exact) mass is 362 g/mol. The molecule has 3 unspecified atom stereocenters. The summed E-state index contributed by atoms with van der Waals surface area (Å²) in [5.74, 6) is 0. The molecule has 2 aliphatic rings. The molecule has 2 rings (SSSR count). The zero-order chi connectivity index (χ0) is 17.7. The van der Waals surface area contributed by atoms with Crippen molar-refractivity contribution in [3.05, 3.63) is 0 Å². The van der Waals surface area contributed by atoms with E-state index in [-0.39, 0.29) is 12.2 Å². The van der Waals surface area contributed by atoms with Crippen LogP contribution in [0, 0.1) is 0 Å². The molecule has 142 valence electrons. The van der Waals surface area contributed by atoms with Crippen molar-refractivity contribution in [2.75, 3.05) is 86.8 Å². The molecule has 0 spiro atoms. The Hall–Kier alpha value is -0.0100. The number of piperazine rings is 1. The molecule has 0 aromatic rings. The van der Waals surface area contributed by atoms with Gasteiger partial charge in [-0.3, -0.25) is 9.46 Å². The third-order valence-corrected chi connectivity index (χ3v) is 6.79. The molecule has 0 N–H and O–H groups in total. The Morgan fingerprint density at radius 2 is 1.88 bits per heavy atom. The summed E-state index contributed by atoms with van der Waals surface area (Å²) in [5, 5.41) is 0. The second-order valence-electron chi connectivity index (χ2n) is 7.49. The van der Waals surface area contributed by atoms with E-state index in [2.05, 4.69) is 42.8 Å².